The molecule has 0 heterocycles. The zero-order valence-corrected chi connectivity index (χ0v) is 11.5. The first-order valence-electron chi connectivity index (χ1n) is 5.50. The van der Waals surface area contributed by atoms with E-state index < -0.39 is 0 Å². The van der Waals surface area contributed by atoms with Crippen LogP contribution in [0.3, 0.4) is 0 Å². The summed E-state index contributed by atoms with van der Waals surface area (Å²) < 4.78 is 19.8. The first-order valence-corrected chi connectivity index (χ1v) is 6.29. The average Bonchev–Trinajstić information content (AvgIpc) is 2.34. The molecule has 0 saturated heterocycles. The molecule has 0 aliphatic carbocycles. The predicted octanol–water partition coefficient (Wildman–Crippen LogP) is 4.06. The van der Waals surface area contributed by atoms with Crippen LogP contribution in [0.1, 0.15) is 11.1 Å². The van der Waals surface area contributed by atoms with Crippen molar-refractivity contribution < 1.29 is 9.13 Å². The predicted molar refractivity (Wildman–Crippen MR) is 74.0 cm³/mol. The third-order valence-corrected chi connectivity index (χ3v) is 3.28. The van der Waals surface area contributed by atoms with Crippen LogP contribution in [-0.4, -0.2) is 0 Å². The van der Waals surface area contributed by atoms with Crippen LogP contribution in [0, 0.1) is 12.7 Å². The lowest BCUT2D eigenvalue weighted by Crippen LogP contribution is -2.00. The van der Waals surface area contributed by atoms with Gasteiger partial charge >= 0.3 is 0 Å². The molecule has 0 aliphatic heterocycles. The van der Waals surface area contributed by atoms with Gasteiger partial charge in [0.15, 0.2) is 0 Å². The maximum atomic E-state index is 13.4. The molecule has 2 N–H and O–H groups in total. The number of rotatable bonds is 3. The standard InChI is InChI=1S/C14H13BrFNO/c1-9-6-14(11(15)7-13(9)17)18-8-10-4-2-3-5-12(10)16/h2-7H,8,17H2,1H3. The van der Waals surface area contributed by atoms with Gasteiger partial charge in [-0.05, 0) is 46.6 Å². The molecule has 0 spiro atoms. The van der Waals surface area contributed by atoms with Crippen LogP contribution < -0.4 is 10.5 Å². The van der Waals surface area contributed by atoms with Crippen molar-refractivity contribution in [3.8, 4) is 5.75 Å². The fourth-order valence-corrected chi connectivity index (χ4v) is 2.03. The van der Waals surface area contributed by atoms with E-state index >= 15 is 0 Å². The topological polar surface area (TPSA) is 35.2 Å². The van der Waals surface area contributed by atoms with Crippen molar-refractivity contribution >= 4 is 21.6 Å². The highest BCUT2D eigenvalue weighted by Gasteiger charge is 2.07. The second kappa shape index (κ2) is 5.40. The molecule has 18 heavy (non-hydrogen) atoms. The number of nitrogen functional groups attached to an aromatic ring is 1. The minimum Gasteiger partial charge on any atom is -0.488 e. The van der Waals surface area contributed by atoms with Gasteiger partial charge in [-0.25, -0.2) is 4.39 Å². The Morgan fingerprint density at radius 1 is 1.28 bits per heavy atom. The molecule has 0 unspecified atom stereocenters. The summed E-state index contributed by atoms with van der Waals surface area (Å²) in [6.45, 7) is 2.09. The summed E-state index contributed by atoms with van der Waals surface area (Å²) in [7, 11) is 0. The van der Waals surface area contributed by atoms with E-state index in [1.54, 1.807) is 24.3 Å². The highest BCUT2D eigenvalue weighted by Crippen LogP contribution is 2.30. The maximum Gasteiger partial charge on any atom is 0.134 e. The van der Waals surface area contributed by atoms with Gasteiger partial charge in [-0.2, -0.15) is 0 Å². The summed E-state index contributed by atoms with van der Waals surface area (Å²) in [6, 6.07) is 10.2. The van der Waals surface area contributed by atoms with Gasteiger partial charge in [0.2, 0.25) is 0 Å². The summed E-state index contributed by atoms with van der Waals surface area (Å²) in [5.74, 6) is 0.394. The molecule has 4 heteroatoms. The number of hydrogen-bond donors (Lipinski definition) is 1. The van der Waals surface area contributed by atoms with Crippen molar-refractivity contribution in [3.63, 3.8) is 0 Å². The van der Waals surface area contributed by atoms with Gasteiger partial charge in [-0.15, -0.1) is 0 Å². The zero-order chi connectivity index (χ0) is 13.1. The van der Waals surface area contributed by atoms with Gasteiger partial charge in [0.25, 0.3) is 0 Å². The Bertz CT molecular complexity index is 572. The van der Waals surface area contributed by atoms with E-state index in [1.165, 1.54) is 6.07 Å². The molecular weight excluding hydrogens is 297 g/mol. The monoisotopic (exact) mass is 309 g/mol. The molecular formula is C14H13BrFNO. The third kappa shape index (κ3) is 2.82. The van der Waals surface area contributed by atoms with Gasteiger partial charge in [0.05, 0.1) is 4.47 Å². The minimum absolute atomic E-state index is 0.189. The first kappa shape index (κ1) is 12.9. The first-order chi connectivity index (χ1) is 8.58. The Morgan fingerprint density at radius 2 is 2.00 bits per heavy atom. The van der Waals surface area contributed by atoms with E-state index in [1.807, 2.05) is 13.0 Å². The molecule has 2 aromatic carbocycles. The third-order valence-electron chi connectivity index (χ3n) is 2.66. The van der Waals surface area contributed by atoms with Crippen LogP contribution in [0.15, 0.2) is 40.9 Å². The lowest BCUT2D eigenvalue weighted by atomic mass is 10.2. The van der Waals surface area contributed by atoms with E-state index in [2.05, 4.69) is 15.9 Å². The molecule has 2 aromatic rings. The van der Waals surface area contributed by atoms with Crippen LogP contribution >= 0.6 is 15.9 Å². The van der Waals surface area contributed by atoms with Gasteiger partial charge in [0.1, 0.15) is 18.2 Å². The molecule has 0 radical (unpaired) electrons. The fraction of sp³-hybridized carbons (Fsp3) is 0.143. The number of hydrogen-bond acceptors (Lipinski definition) is 2. The Hall–Kier alpha value is -1.55. The van der Waals surface area contributed by atoms with Crippen molar-refractivity contribution in [1.29, 1.82) is 0 Å². The van der Waals surface area contributed by atoms with E-state index in [4.69, 9.17) is 10.5 Å². The molecule has 0 amide bonds. The lowest BCUT2D eigenvalue weighted by Gasteiger charge is -2.11. The molecule has 0 bridgehead atoms. The zero-order valence-electron chi connectivity index (χ0n) is 9.91. The molecule has 0 saturated carbocycles. The Kier molecular flexibility index (Phi) is 3.87. The summed E-state index contributed by atoms with van der Waals surface area (Å²) in [6.07, 6.45) is 0. The number of halogens is 2. The van der Waals surface area contributed by atoms with Crippen molar-refractivity contribution in [2.75, 3.05) is 5.73 Å². The highest BCUT2D eigenvalue weighted by atomic mass is 79.9. The second-order valence-electron chi connectivity index (χ2n) is 4.02. The van der Waals surface area contributed by atoms with Crippen molar-refractivity contribution in [2.24, 2.45) is 0 Å². The van der Waals surface area contributed by atoms with Crippen LogP contribution in [0.5, 0.6) is 5.75 Å². The number of anilines is 1. The average molecular weight is 310 g/mol. The Morgan fingerprint density at radius 3 is 2.72 bits per heavy atom. The molecule has 2 nitrogen and oxygen atoms in total. The number of ether oxygens (including phenoxy) is 1. The highest BCUT2D eigenvalue weighted by molar-refractivity contribution is 9.10. The number of benzene rings is 2. The van der Waals surface area contributed by atoms with E-state index in [0.29, 0.717) is 17.0 Å². The number of aryl methyl sites for hydroxylation is 1. The molecule has 0 fully saturated rings. The van der Waals surface area contributed by atoms with Crippen LogP contribution in [-0.2, 0) is 6.61 Å². The lowest BCUT2D eigenvalue weighted by molar-refractivity contribution is 0.298. The van der Waals surface area contributed by atoms with Gasteiger partial charge in [0, 0.05) is 11.3 Å². The molecule has 2 rings (SSSR count). The van der Waals surface area contributed by atoms with Crippen LogP contribution in [0.2, 0.25) is 0 Å². The van der Waals surface area contributed by atoms with E-state index in [0.717, 1.165) is 10.0 Å². The van der Waals surface area contributed by atoms with Crippen molar-refractivity contribution in [2.45, 2.75) is 13.5 Å². The SMILES string of the molecule is Cc1cc(OCc2ccccc2F)c(Br)cc1N. The summed E-state index contributed by atoms with van der Waals surface area (Å²) in [5.41, 5.74) is 7.93. The summed E-state index contributed by atoms with van der Waals surface area (Å²) >= 11 is 3.37. The van der Waals surface area contributed by atoms with Crippen molar-refractivity contribution in [1.82, 2.24) is 0 Å². The smallest absolute Gasteiger partial charge is 0.134 e. The molecule has 0 aromatic heterocycles. The largest absolute Gasteiger partial charge is 0.488 e. The van der Waals surface area contributed by atoms with Crippen LogP contribution in [0.4, 0.5) is 10.1 Å². The minimum atomic E-state index is -0.263. The normalized spacial score (nSPS) is 10.4. The Balaban J connectivity index is 2.16. The fourth-order valence-electron chi connectivity index (χ4n) is 1.55. The van der Waals surface area contributed by atoms with Gasteiger partial charge in [-0.1, -0.05) is 18.2 Å². The van der Waals surface area contributed by atoms with Gasteiger partial charge in [-0.3, -0.25) is 0 Å². The van der Waals surface area contributed by atoms with Crippen molar-refractivity contribution in [3.05, 3.63) is 57.8 Å². The number of nitrogens with two attached hydrogens (primary N) is 1. The quantitative estimate of drug-likeness (QED) is 0.868. The van der Waals surface area contributed by atoms with Gasteiger partial charge < -0.3 is 10.5 Å². The maximum absolute atomic E-state index is 13.4. The van der Waals surface area contributed by atoms with Crippen LogP contribution in [0.25, 0.3) is 0 Å². The molecule has 0 atom stereocenters. The van der Waals surface area contributed by atoms with E-state index in [-0.39, 0.29) is 12.4 Å². The second-order valence-corrected chi connectivity index (χ2v) is 4.87. The molecule has 94 valence electrons. The Labute approximate surface area is 114 Å². The molecule has 0 aliphatic rings. The van der Waals surface area contributed by atoms with E-state index in [9.17, 15) is 4.39 Å². The summed E-state index contributed by atoms with van der Waals surface area (Å²) in [4.78, 5) is 0. The summed E-state index contributed by atoms with van der Waals surface area (Å²) in [5, 5.41) is 0.